The summed E-state index contributed by atoms with van der Waals surface area (Å²) < 4.78 is 5.88. The molecule has 0 bridgehead atoms. The van der Waals surface area contributed by atoms with Crippen molar-refractivity contribution in [3.05, 3.63) is 88.4 Å². The number of carbonyl (C=O) groups is 4. The van der Waals surface area contributed by atoms with Gasteiger partial charge in [-0.2, -0.15) is 0 Å². The number of primary amides is 1. The van der Waals surface area contributed by atoms with Crippen LogP contribution in [0.25, 0.3) is 22.5 Å². The molecule has 2 heterocycles. The highest BCUT2D eigenvalue weighted by molar-refractivity contribution is 7.14. The Bertz CT molecular complexity index is 1780. The maximum Gasteiger partial charge on any atom is 0.326 e. The Kier molecular flexibility index (Phi) is 17.3. The van der Waals surface area contributed by atoms with Gasteiger partial charge in [-0.3, -0.25) is 14.4 Å². The van der Waals surface area contributed by atoms with E-state index in [1.54, 1.807) is 18.5 Å². The zero-order valence-electron chi connectivity index (χ0n) is 32.3. The highest BCUT2D eigenvalue weighted by Gasteiger charge is 2.28. The minimum Gasteiger partial charge on any atom is -0.494 e. The third kappa shape index (κ3) is 13.7. The summed E-state index contributed by atoms with van der Waals surface area (Å²) in [6, 6.07) is 16.3. The quantitative estimate of drug-likeness (QED) is 0.0704. The molecular formula is C42H55N5O6S. The van der Waals surface area contributed by atoms with Crippen molar-refractivity contribution >= 4 is 35.0 Å². The Morgan fingerprint density at radius 3 is 2.02 bits per heavy atom. The van der Waals surface area contributed by atoms with Gasteiger partial charge in [0.1, 0.15) is 17.8 Å². The molecule has 0 spiro atoms. The molecule has 0 aliphatic rings. The number of amides is 3. The van der Waals surface area contributed by atoms with E-state index in [-0.39, 0.29) is 24.7 Å². The number of nitrogens with one attached hydrogen (secondary N) is 2. The molecule has 2 aromatic carbocycles. The molecule has 290 valence electrons. The molecule has 2 unspecified atom stereocenters. The molecule has 11 nitrogen and oxygen atoms in total. The van der Waals surface area contributed by atoms with Gasteiger partial charge in [0, 0.05) is 41.2 Å². The van der Waals surface area contributed by atoms with E-state index < -0.39 is 35.8 Å². The van der Waals surface area contributed by atoms with Gasteiger partial charge in [0.15, 0.2) is 5.82 Å². The van der Waals surface area contributed by atoms with E-state index in [1.165, 1.54) is 37.0 Å². The minimum atomic E-state index is -1.35. The van der Waals surface area contributed by atoms with Crippen molar-refractivity contribution in [2.24, 2.45) is 5.73 Å². The van der Waals surface area contributed by atoms with Crippen LogP contribution in [0.5, 0.6) is 5.75 Å². The van der Waals surface area contributed by atoms with Crippen molar-refractivity contribution in [2.45, 2.75) is 110 Å². The Morgan fingerprint density at radius 1 is 0.815 bits per heavy atom. The first kappa shape index (κ1) is 43.3. The van der Waals surface area contributed by atoms with E-state index in [0.717, 1.165) is 39.3 Å². The van der Waals surface area contributed by atoms with Gasteiger partial charge in [0.25, 0.3) is 5.91 Å². The van der Waals surface area contributed by atoms with Crippen LogP contribution in [0, 0.1) is 0 Å². The van der Waals surface area contributed by atoms with Crippen LogP contribution in [0.1, 0.15) is 107 Å². The summed E-state index contributed by atoms with van der Waals surface area (Å²) in [5, 5.41) is 14.9. The molecule has 2 aromatic heterocycles. The van der Waals surface area contributed by atoms with Crippen LogP contribution in [0.2, 0.25) is 0 Å². The molecule has 2 atom stereocenters. The van der Waals surface area contributed by atoms with Gasteiger partial charge in [-0.25, -0.2) is 14.8 Å². The first-order valence-electron chi connectivity index (χ1n) is 18.7. The average Bonchev–Trinajstić information content (AvgIpc) is 3.68. The standard InChI is InChI=1S/C40H49N5O6S.C2H6/c1-5-6-7-8-9-22-51-30-16-14-27(15-17-30)29-24-42-36(43-25-29)28-12-10-26(11-13-28)23-32(37(47)44-31(39(49)50)18-21-35(41)46)45-38(48)33-19-20-34(52-33)40(2,3)4;1-2/h10-17,19-20,24-25,31-32H,5-9,18,21-23H2,1-4H3,(H2,41,46)(H,44,47)(H,45,48)(H,49,50);1-2H3. The number of aromatic nitrogens is 2. The number of nitrogens with zero attached hydrogens (tertiary/aromatic N) is 2. The predicted octanol–water partition coefficient (Wildman–Crippen LogP) is 7.72. The van der Waals surface area contributed by atoms with Gasteiger partial charge in [-0.1, -0.05) is 104 Å². The molecule has 54 heavy (non-hydrogen) atoms. The lowest BCUT2D eigenvalue weighted by Gasteiger charge is -2.21. The Balaban J connectivity index is 0.00000385. The van der Waals surface area contributed by atoms with Crippen LogP contribution in [0.4, 0.5) is 0 Å². The van der Waals surface area contributed by atoms with Gasteiger partial charge < -0.3 is 26.2 Å². The fourth-order valence-electron chi connectivity index (χ4n) is 5.41. The molecule has 0 radical (unpaired) electrons. The van der Waals surface area contributed by atoms with Crippen molar-refractivity contribution in [1.82, 2.24) is 20.6 Å². The molecule has 4 aromatic rings. The number of carboxylic acids is 1. The number of hydrogen-bond donors (Lipinski definition) is 4. The molecule has 12 heteroatoms. The molecule has 0 aliphatic heterocycles. The maximum atomic E-state index is 13.5. The topological polar surface area (TPSA) is 174 Å². The Morgan fingerprint density at radius 2 is 1.44 bits per heavy atom. The number of carbonyl (C=O) groups excluding carboxylic acids is 3. The lowest BCUT2D eigenvalue weighted by molar-refractivity contribution is -0.142. The maximum absolute atomic E-state index is 13.5. The summed E-state index contributed by atoms with van der Waals surface area (Å²) in [5.41, 5.74) is 8.36. The van der Waals surface area contributed by atoms with E-state index in [9.17, 15) is 24.3 Å². The molecule has 0 fully saturated rings. The first-order valence-corrected chi connectivity index (χ1v) is 19.5. The number of nitrogens with two attached hydrogens (primary N) is 1. The monoisotopic (exact) mass is 757 g/mol. The van der Waals surface area contributed by atoms with E-state index in [0.29, 0.717) is 17.3 Å². The van der Waals surface area contributed by atoms with E-state index >= 15 is 0 Å². The minimum absolute atomic E-state index is 0.0792. The third-order valence-corrected chi connectivity index (χ3v) is 10.0. The molecule has 3 amide bonds. The Labute approximate surface area is 323 Å². The summed E-state index contributed by atoms with van der Waals surface area (Å²) in [5.74, 6) is -1.77. The summed E-state index contributed by atoms with van der Waals surface area (Å²) >= 11 is 1.33. The van der Waals surface area contributed by atoms with Crippen molar-refractivity contribution in [3.8, 4) is 28.3 Å². The molecule has 0 aliphatic carbocycles. The highest BCUT2D eigenvalue weighted by atomic mass is 32.1. The number of ether oxygens (including phenoxy) is 1. The number of carboxylic acid groups (broad SMARTS) is 1. The smallest absolute Gasteiger partial charge is 0.326 e. The van der Waals surface area contributed by atoms with Crippen LogP contribution < -0.4 is 21.1 Å². The SMILES string of the molecule is CC.CCCCCCCOc1ccc(-c2cnc(-c3ccc(CC(NC(=O)c4ccc(C(C)(C)C)s4)C(=O)NC(CCC(N)=O)C(=O)O)cc3)nc2)cc1. The first-order chi connectivity index (χ1) is 25.8. The van der Waals surface area contributed by atoms with Crippen molar-refractivity contribution in [1.29, 1.82) is 0 Å². The van der Waals surface area contributed by atoms with E-state index in [4.69, 9.17) is 10.5 Å². The van der Waals surface area contributed by atoms with Gasteiger partial charge >= 0.3 is 5.97 Å². The Hall–Kier alpha value is -5.10. The summed E-state index contributed by atoms with van der Waals surface area (Å²) in [4.78, 5) is 60.5. The summed E-state index contributed by atoms with van der Waals surface area (Å²) in [6.45, 7) is 13.0. The second-order valence-corrected chi connectivity index (χ2v) is 14.9. The van der Waals surface area contributed by atoms with Crippen LogP contribution >= 0.6 is 11.3 Å². The molecular weight excluding hydrogens is 703 g/mol. The second-order valence-electron chi connectivity index (χ2n) is 13.8. The second kappa shape index (κ2) is 21.6. The fourth-order valence-corrected chi connectivity index (χ4v) is 6.38. The van der Waals surface area contributed by atoms with Crippen LogP contribution in [0.15, 0.2) is 73.1 Å². The largest absolute Gasteiger partial charge is 0.494 e. The average molecular weight is 758 g/mol. The molecule has 0 saturated carbocycles. The molecule has 5 N–H and O–H groups in total. The van der Waals surface area contributed by atoms with Gasteiger partial charge in [-0.15, -0.1) is 11.3 Å². The number of hydrogen-bond acceptors (Lipinski definition) is 8. The zero-order chi connectivity index (χ0) is 39.7. The number of benzene rings is 2. The number of thiophene rings is 1. The lowest BCUT2D eigenvalue weighted by Crippen LogP contribution is -2.52. The predicted molar refractivity (Wildman–Crippen MR) is 214 cm³/mol. The highest BCUT2D eigenvalue weighted by Crippen LogP contribution is 2.29. The number of aliphatic carboxylic acids is 1. The van der Waals surface area contributed by atoms with Crippen LogP contribution in [-0.4, -0.2) is 57.5 Å². The number of rotatable bonds is 19. The van der Waals surface area contributed by atoms with Crippen molar-refractivity contribution in [2.75, 3.05) is 6.61 Å². The van der Waals surface area contributed by atoms with Gasteiger partial charge in [0.2, 0.25) is 11.8 Å². The van der Waals surface area contributed by atoms with Crippen molar-refractivity contribution < 1.29 is 29.0 Å². The van der Waals surface area contributed by atoms with E-state index in [1.807, 2.05) is 89.2 Å². The molecule has 0 saturated heterocycles. The van der Waals surface area contributed by atoms with Crippen molar-refractivity contribution in [3.63, 3.8) is 0 Å². The van der Waals surface area contributed by atoms with E-state index in [2.05, 4.69) is 27.5 Å². The summed E-state index contributed by atoms with van der Waals surface area (Å²) in [7, 11) is 0. The van der Waals surface area contributed by atoms with Crippen LogP contribution in [-0.2, 0) is 26.2 Å². The third-order valence-electron chi connectivity index (χ3n) is 8.49. The fraction of sp³-hybridized carbons (Fsp3) is 0.429. The summed E-state index contributed by atoms with van der Waals surface area (Å²) in [6.07, 6.45) is 9.17. The number of unbranched alkanes of at least 4 members (excludes halogenated alkanes) is 4. The lowest BCUT2D eigenvalue weighted by atomic mass is 9.95. The zero-order valence-corrected chi connectivity index (χ0v) is 33.1. The van der Waals surface area contributed by atoms with Gasteiger partial charge in [-0.05, 0) is 53.6 Å². The molecule has 4 rings (SSSR count). The van der Waals surface area contributed by atoms with Gasteiger partial charge in [0.05, 0.1) is 11.5 Å². The normalized spacial score (nSPS) is 12.1. The van der Waals surface area contributed by atoms with Crippen LogP contribution in [0.3, 0.4) is 0 Å².